The van der Waals surface area contributed by atoms with E-state index in [0.717, 1.165) is 12.1 Å². The Labute approximate surface area is 134 Å². The first-order valence-electron chi connectivity index (χ1n) is 6.39. The van der Waals surface area contributed by atoms with Gasteiger partial charge < -0.3 is 0 Å². The lowest BCUT2D eigenvalue weighted by Gasteiger charge is -2.09. The molecule has 0 fully saturated rings. The van der Waals surface area contributed by atoms with Crippen molar-refractivity contribution in [2.45, 2.75) is 26.2 Å². The highest BCUT2D eigenvalue weighted by molar-refractivity contribution is 6.30. The van der Waals surface area contributed by atoms with Crippen molar-refractivity contribution >= 4 is 11.6 Å². The summed E-state index contributed by atoms with van der Waals surface area (Å²) < 4.78 is 72.7. The van der Waals surface area contributed by atoms with Gasteiger partial charge in [0.15, 0.2) is 0 Å². The molecule has 126 valence electrons. The van der Waals surface area contributed by atoms with E-state index in [0.29, 0.717) is 0 Å². The van der Waals surface area contributed by atoms with Crippen molar-refractivity contribution in [3.05, 3.63) is 69.7 Å². The molecule has 2 rings (SSSR count). The van der Waals surface area contributed by atoms with Gasteiger partial charge in [0.1, 0.15) is 0 Å². The summed E-state index contributed by atoms with van der Waals surface area (Å²) in [4.78, 5) is 0. The molecule has 0 aliphatic heterocycles. The number of rotatable bonds is 0. The molecule has 0 heterocycles. The van der Waals surface area contributed by atoms with Crippen molar-refractivity contribution in [2.75, 3.05) is 0 Å². The molecular weight excluding hydrogens is 342 g/mol. The van der Waals surface area contributed by atoms with Crippen LogP contribution in [-0.2, 0) is 12.4 Å². The average molecular weight is 355 g/mol. The molecule has 23 heavy (non-hydrogen) atoms. The van der Waals surface area contributed by atoms with Crippen molar-refractivity contribution in [3.8, 4) is 0 Å². The maximum atomic E-state index is 12.2. The number of halogens is 7. The summed E-state index contributed by atoms with van der Waals surface area (Å²) in [7, 11) is 0. The molecule has 0 N–H and O–H groups in total. The monoisotopic (exact) mass is 354 g/mol. The standard InChI is InChI=1S/C8H6ClF3.C8H7F3/c1-5-2-3-6(9)4-7(5)8(10,11)12;1-6-4-2-3-5-7(6)8(9,10)11/h2-4H,1H3;2-5H,1H3. The zero-order chi connectivity index (χ0) is 17.8. The van der Waals surface area contributed by atoms with Gasteiger partial charge in [0, 0.05) is 5.02 Å². The lowest BCUT2D eigenvalue weighted by molar-refractivity contribution is -0.138. The second-order valence-corrected chi connectivity index (χ2v) is 5.21. The van der Waals surface area contributed by atoms with Crippen LogP contribution in [0.3, 0.4) is 0 Å². The van der Waals surface area contributed by atoms with Gasteiger partial charge in [-0.1, -0.05) is 35.9 Å². The van der Waals surface area contributed by atoms with Gasteiger partial charge in [-0.25, -0.2) is 0 Å². The van der Waals surface area contributed by atoms with E-state index in [1.54, 1.807) is 6.07 Å². The zero-order valence-electron chi connectivity index (χ0n) is 12.2. The number of benzene rings is 2. The minimum absolute atomic E-state index is 0.105. The summed E-state index contributed by atoms with van der Waals surface area (Å²) in [5, 5.41) is 0.105. The first-order valence-corrected chi connectivity index (χ1v) is 6.77. The minimum atomic E-state index is -4.31. The first kappa shape index (κ1) is 19.4. The Morgan fingerprint density at radius 3 is 1.57 bits per heavy atom. The van der Waals surface area contributed by atoms with Crippen LogP contribution in [0.5, 0.6) is 0 Å². The number of alkyl halides is 6. The fourth-order valence-corrected chi connectivity index (χ4v) is 1.96. The molecule has 2 aromatic carbocycles. The summed E-state index contributed by atoms with van der Waals surface area (Å²) in [5.74, 6) is 0. The van der Waals surface area contributed by atoms with Gasteiger partial charge in [0.25, 0.3) is 0 Å². The molecule has 0 nitrogen and oxygen atoms in total. The summed E-state index contributed by atoms with van der Waals surface area (Å²) in [6.07, 6.45) is -8.53. The maximum absolute atomic E-state index is 12.2. The SMILES string of the molecule is Cc1ccc(Cl)cc1C(F)(F)F.Cc1ccccc1C(F)(F)F. The Balaban J connectivity index is 0.000000231. The maximum Gasteiger partial charge on any atom is 0.416 e. The molecule has 0 saturated carbocycles. The third kappa shape index (κ3) is 5.78. The third-order valence-electron chi connectivity index (χ3n) is 2.96. The molecule has 0 atom stereocenters. The highest BCUT2D eigenvalue weighted by atomic mass is 35.5. The van der Waals surface area contributed by atoms with Crippen LogP contribution in [0.2, 0.25) is 5.02 Å². The lowest BCUT2D eigenvalue weighted by Crippen LogP contribution is -2.06. The topological polar surface area (TPSA) is 0 Å². The summed E-state index contributed by atoms with van der Waals surface area (Å²) in [6, 6.07) is 9.22. The van der Waals surface area contributed by atoms with Gasteiger partial charge >= 0.3 is 12.4 Å². The van der Waals surface area contributed by atoms with Crippen molar-refractivity contribution in [1.29, 1.82) is 0 Å². The minimum Gasteiger partial charge on any atom is -0.166 e. The molecule has 0 unspecified atom stereocenters. The normalized spacial score (nSPS) is 11.7. The molecule has 2 aromatic rings. The number of hydrogen-bond acceptors (Lipinski definition) is 0. The second-order valence-electron chi connectivity index (χ2n) is 4.77. The molecule has 0 bridgehead atoms. The molecular formula is C16H13ClF6. The fraction of sp³-hybridized carbons (Fsp3) is 0.250. The van der Waals surface area contributed by atoms with Crippen LogP contribution in [0, 0.1) is 13.8 Å². The van der Waals surface area contributed by atoms with Crippen LogP contribution in [0.4, 0.5) is 26.3 Å². The van der Waals surface area contributed by atoms with Gasteiger partial charge in [-0.15, -0.1) is 0 Å². The number of aryl methyl sites for hydroxylation is 2. The molecule has 0 saturated heterocycles. The van der Waals surface area contributed by atoms with Crippen molar-refractivity contribution in [2.24, 2.45) is 0 Å². The zero-order valence-corrected chi connectivity index (χ0v) is 12.9. The van der Waals surface area contributed by atoms with E-state index in [4.69, 9.17) is 11.6 Å². The van der Waals surface area contributed by atoms with Gasteiger partial charge in [-0.05, 0) is 43.2 Å². The third-order valence-corrected chi connectivity index (χ3v) is 3.19. The van der Waals surface area contributed by atoms with E-state index < -0.39 is 23.5 Å². The average Bonchev–Trinajstić information content (AvgIpc) is 2.40. The number of hydrogen-bond donors (Lipinski definition) is 0. The van der Waals surface area contributed by atoms with Crippen LogP contribution in [0.15, 0.2) is 42.5 Å². The van der Waals surface area contributed by atoms with Crippen molar-refractivity contribution in [1.82, 2.24) is 0 Å². The van der Waals surface area contributed by atoms with Crippen LogP contribution >= 0.6 is 11.6 Å². The van der Waals surface area contributed by atoms with E-state index in [1.807, 2.05) is 0 Å². The van der Waals surface area contributed by atoms with E-state index in [2.05, 4.69) is 0 Å². The lowest BCUT2D eigenvalue weighted by atomic mass is 10.1. The second kappa shape index (κ2) is 7.25. The van der Waals surface area contributed by atoms with Crippen molar-refractivity contribution in [3.63, 3.8) is 0 Å². The smallest absolute Gasteiger partial charge is 0.166 e. The molecule has 0 spiro atoms. The molecule has 7 heteroatoms. The molecule has 0 aromatic heterocycles. The van der Waals surface area contributed by atoms with Crippen LogP contribution in [0.25, 0.3) is 0 Å². The Morgan fingerprint density at radius 2 is 1.17 bits per heavy atom. The van der Waals surface area contributed by atoms with Crippen LogP contribution in [-0.4, -0.2) is 0 Å². The van der Waals surface area contributed by atoms with E-state index in [9.17, 15) is 26.3 Å². The Kier molecular flexibility index (Phi) is 6.11. The molecule has 0 aliphatic carbocycles. The largest absolute Gasteiger partial charge is 0.416 e. The Hall–Kier alpha value is -1.69. The summed E-state index contributed by atoms with van der Waals surface area (Å²) in [5.41, 5.74) is -0.776. The van der Waals surface area contributed by atoms with Gasteiger partial charge in [0.05, 0.1) is 11.1 Å². The highest BCUT2D eigenvalue weighted by Crippen LogP contribution is 2.33. The predicted octanol–water partition coefficient (Wildman–Crippen LogP) is 6.68. The van der Waals surface area contributed by atoms with Crippen LogP contribution < -0.4 is 0 Å². The first-order chi connectivity index (χ1) is 10.4. The van der Waals surface area contributed by atoms with E-state index in [-0.39, 0.29) is 16.1 Å². The van der Waals surface area contributed by atoms with Crippen LogP contribution in [0.1, 0.15) is 22.3 Å². The van der Waals surface area contributed by atoms with Gasteiger partial charge in [-0.3, -0.25) is 0 Å². The molecule has 0 radical (unpaired) electrons. The van der Waals surface area contributed by atoms with Gasteiger partial charge in [0.2, 0.25) is 0 Å². The Bertz CT molecular complexity index is 658. The van der Waals surface area contributed by atoms with Gasteiger partial charge in [-0.2, -0.15) is 26.3 Å². The van der Waals surface area contributed by atoms with E-state index in [1.165, 1.54) is 38.1 Å². The highest BCUT2D eigenvalue weighted by Gasteiger charge is 2.32. The van der Waals surface area contributed by atoms with E-state index >= 15 is 0 Å². The summed E-state index contributed by atoms with van der Waals surface area (Å²) in [6.45, 7) is 2.85. The molecule has 0 amide bonds. The molecule has 0 aliphatic rings. The summed E-state index contributed by atoms with van der Waals surface area (Å²) >= 11 is 5.42. The quantitative estimate of drug-likeness (QED) is 0.463. The Morgan fingerprint density at radius 1 is 0.696 bits per heavy atom. The predicted molar refractivity (Wildman–Crippen MR) is 77.4 cm³/mol. The fourth-order valence-electron chi connectivity index (χ4n) is 1.79. The van der Waals surface area contributed by atoms with Crippen molar-refractivity contribution < 1.29 is 26.3 Å².